The number of ether oxygens (including phenoxy) is 1. The third kappa shape index (κ3) is 3.78. The second kappa shape index (κ2) is 8.76. The molecule has 5 N–H and O–H groups in total. The number of aliphatic hydroxyl groups is 5. The standard InChI is InChI=1S/C22H25ClO6S/c23-17-9-15-11-29-22(21(28)20(27)19(26)18(10-25)30-22)16(15)8-14(17)7-13-3-1-12(2-4-13)5-6-24/h1-4,8-9,18-21,24-28H,5-7,10-11H2/t18-,19-,20+,21-,22+/m1/s1. The van der Waals surface area contributed by atoms with Gasteiger partial charge < -0.3 is 30.3 Å². The minimum atomic E-state index is -1.44. The van der Waals surface area contributed by atoms with Crippen LogP contribution in [0.4, 0.5) is 0 Å². The van der Waals surface area contributed by atoms with Gasteiger partial charge in [-0.2, -0.15) is 0 Å². The van der Waals surface area contributed by atoms with Crippen LogP contribution in [-0.4, -0.2) is 62.3 Å². The summed E-state index contributed by atoms with van der Waals surface area (Å²) in [5, 5.41) is 50.0. The Labute approximate surface area is 184 Å². The summed E-state index contributed by atoms with van der Waals surface area (Å²) in [6, 6.07) is 11.6. The maximum atomic E-state index is 10.8. The highest BCUT2D eigenvalue weighted by Gasteiger charge is 2.57. The van der Waals surface area contributed by atoms with Gasteiger partial charge in [0.25, 0.3) is 0 Å². The van der Waals surface area contributed by atoms with Gasteiger partial charge in [-0.3, -0.25) is 0 Å². The van der Waals surface area contributed by atoms with Gasteiger partial charge in [0.2, 0.25) is 0 Å². The number of rotatable bonds is 5. The van der Waals surface area contributed by atoms with Crippen molar-refractivity contribution in [2.24, 2.45) is 0 Å². The van der Waals surface area contributed by atoms with Gasteiger partial charge in [-0.15, -0.1) is 11.8 Å². The Morgan fingerprint density at radius 2 is 1.73 bits per heavy atom. The lowest BCUT2D eigenvalue weighted by Gasteiger charge is -2.45. The molecular weight excluding hydrogens is 428 g/mol. The molecule has 2 aliphatic heterocycles. The Balaban J connectivity index is 1.67. The molecule has 0 amide bonds. The summed E-state index contributed by atoms with van der Waals surface area (Å²) < 4.78 is 5.97. The first-order chi connectivity index (χ1) is 14.4. The molecule has 2 aromatic carbocycles. The molecule has 1 spiro atoms. The lowest BCUT2D eigenvalue weighted by atomic mass is 9.91. The SMILES string of the molecule is OCCc1ccc(Cc2cc3c(cc2Cl)CO[C@]32S[C@H](CO)[C@@H](O)[C@H](O)[C@H]2O)cc1. The number of thioether (sulfide) groups is 1. The van der Waals surface area contributed by atoms with Gasteiger partial charge in [-0.1, -0.05) is 35.9 Å². The van der Waals surface area contributed by atoms with Crippen LogP contribution in [0, 0.1) is 0 Å². The average molecular weight is 453 g/mol. The Bertz CT molecular complexity index is 905. The van der Waals surface area contributed by atoms with E-state index in [1.165, 1.54) is 0 Å². The molecule has 2 heterocycles. The molecule has 1 saturated heterocycles. The molecule has 2 aromatic rings. The van der Waals surface area contributed by atoms with Gasteiger partial charge >= 0.3 is 0 Å². The topological polar surface area (TPSA) is 110 Å². The minimum Gasteiger partial charge on any atom is -0.396 e. The quantitative estimate of drug-likeness (QED) is 0.465. The zero-order valence-corrected chi connectivity index (χ0v) is 17.8. The molecule has 0 unspecified atom stereocenters. The first-order valence-electron chi connectivity index (χ1n) is 9.87. The van der Waals surface area contributed by atoms with Crippen LogP contribution in [-0.2, 0) is 29.1 Å². The number of halogens is 1. The van der Waals surface area contributed by atoms with E-state index in [1.54, 1.807) is 0 Å². The van der Waals surface area contributed by atoms with Crippen molar-refractivity contribution in [1.29, 1.82) is 0 Å². The molecule has 0 aliphatic carbocycles. The summed E-state index contributed by atoms with van der Waals surface area (Å²) >= 11 is 7.66. The van der Waals surface area contributed by atoms with Crippen LogP contribution in [0.25, 0.3) is 0 Å². The number of benzene rings is 2. The summed E-state index contributed by atoms with van der Waals surface area (Å²) in [7, 11) is 0. The van der Waals surface area contributed by atoms with Crippen LogP contribution in [0.5, 0.6) is 0 Å². The van der Waals surface area contributed by atoms with Gasteiger partial charge in [-0.25, -0.2) is 0 Å². The highest BCUT2D eigenvalue weighted by Crippen LogP contribution is 2.54. The summed E-state index contributed by atoms with van der Waals surface area (Å²) in [4.78, 5) is -1.27. The smallest absolute Gasteiger partial charge is 0.168 e. The lowest BCUT2D eigenvalue weighted by Crippen LogP contribution is -2.58. The van der Waals surface area contributed by atoms with Gasteiger partial charge in [0.15, 0.2) is 4.93 Å². The maximum Gasteiger partial charge on any atom is 0.168 e. The molecule has 5 atom stereocenters. The fourth-order valence-electron chi connectivity index (χ4n) is 4.16. The van der Waals surface area contributed by atoms with E-state index in [0.29, 0.717) is 23.4 Å². The van der Waals surface area contributed by atoms with Crippen LogP contribution < -0.4 is 0 Å². The largest absolute Gasteiger partial charge is 0.396 e. The molecule has 0 aromatic heterocycles. The van der Waals surface area contributed by atoms with Crippen LogP contribution in [0.15, 0.2) is 36.4 Å². The van der Waals surface area contributed by atoms with Crippen molar-refractivity contribution in [2.45, 2.75) is 47.9 Å². The van der Waals surface area contributed by atoms with E-state index in [9.17, 15) is 20.4 Å². The molecule has 2 aliphatic rings. The summed E-state index contributed by atoms with van der Waals surface area (Å²) in [6.07, 6.45) is -2.87. The number of hydrogen-bond donors (Lipinski definition) is 5. The van der Waals surface area contributed by atoms with E-state index in [4.69, 9.17) is 21.4 Å². The summed E-state index contributed by atoms with van der Waals surface area (Å²) in [5.41, 5.74) is 4.48. The number of aliphatic hydroxyl groups excluding tert-OH is 5. The summed E-state index contributed by atoms with van der Waals surface area (Å²) in [5.74, 6) is 0. The number of fused-ring (bicyclic) bond motifs is 2. The normalized spacial score (nSPS) is 30.6. The van der Waals surface area contributed by atoms with Crippen molar-refractivity contribution in [1.82, 2.24) is 0 Å². The van der Waals surface area contributed by atoms with E-state index < -0.39 is 28.5 Å². The molecule has 30 heavy (non-hydrogen) atoms. The van der Waals surface area contributed by atoms with Gasteiger partial charge in [0, 0.05) is 17.2 Å². The minimum absolute atomic E-state index is 0.105. The van der Waals surface area contributed by atoms with Crippen molar-refractivity contribution < 1.29 is 30.3 Å². The van der Waals surface area contributed by atoms with Crippen LogP contribution in [0.2, 0.25) is 5.02 Å². The zero-order chi connectivity index (χ0) is 21.5. The van der Waals surface area contributed by atoms with Crippen molar-refractivity contribution in [3.63, 3.8) is 0 Å². The Morgan fingerprint density at radius 1 is 1.03 bits per heavy atom. The Hall–Kier alpha value is -1.16. The van der Waals surface area contributed by atoms with Gasteiger partial charge in [0.05, 0.1) is 24.6 Å². The maximum absolute atomic E-state index is 10.8. The highest BCUT2D eigenvalue weighted by molar-refractivity contribution is 8.00. The molecule has 8 heteroatoms. The Morgan fingerprint density at radius 3 is 2.40 bits per heavy atom. The van der Waals surface area contributed by atoms with Gasteiger partial charge in [-0.05, 0) is 47.2 Å². The van der Waals surface area contributed by atoms with E-state index in [2.05, 4.69) is 0 Å². The first-order valence-corrected chi connectivity index (χ1v) is 11.1. The molecular formula is C22H25ClO6S. The van der Waals surface area contributed by atoms with E-state index in [-0.39, 0.29) is 19.8 Å². The lowest BCUT2D eigenvalue weighted by molar-refractivity contribution is -0.147. The van der Waals surface area contributed by atoms with Crippen molar-refractivity contribution in [3.05, 3.63) is 69.2 Å². The molecule has 0 bridgehead atoms. The average Bonchev–Trinajstić information content (AvgIpc) is 3.09. The van der Waals surface area contributed by atoms with Crippen molar-refractivity contribution >= 4 is 23.4 Å². The first kappa shape index (κ1) is 22.0. The highest BCUT2D eigenvalue weighted by atomic mass is 35.5. The number of hydrogen-bond acceptors (Lipinski definition) is 7. The third-order valence-electron chi connectivity index (χ3n) is 5.86. The van der Waals surface area contributed by atoms with Crippen LogP contribution >= 0.6 is 23.4 Å². The van der Waals surface area contributed by atoms with E-state index in [1.807, 2.05) is 36.4 Å². The van der Waals surface area contributed by atoms with Crippen molar-refractivity contribution in [2.75, 3.05) is 13.2 Å². The second-order valence-corrected chi connectivity index (χ2v) is 9.64. The third-order valence-corrected chi connectivity index (χ3v) is 7.87. The summed E-state index contributed by atoms with van der Waals surface area (Å²) in [6.45, 7) is -0.0274. The van der Waals surface area contributed by atoms with Gasteiger partial charge in [0.1, 0.15) is 12.2 Å². The second-order valence-electron chi connectivity index (χ2n) is 7.79. The fourth-order valence-corrected chi connectivity index (χ4v) is 5.96. The monoisotopic (exact) mass is 452 g/mol. The Kier molecular flexibility index (Phi) is 6.44. The fraction of sp³-hybridized carbons (Fsp3) is 0.455. The molecule has 4 rings (SSSR count). The van der Waals surface area contributed by atoms with E-state index >= 15 is 0 Å². The predicted octanol–water partition coefficient (Wildman–Crippen LogP) is 1.34. The van der Waals surface area contributed by atoms with Crippen molar-refractivity contribution in [3.8, 4) is 0 Å². The zero-order valence-electron chi connectivity index (χ0n) is 16.2. The molecule has 0 saturated carbocycles. The predicted molar refractivity (Wildman–Crippen MR) is 114 cm³/mol. The van der Waals surface area contributed by atoms with E-state index in [0.717, 1.165) is 34.0 Å². The molecule has 6 nitrogen and oxygen atoms in total. The molecule has 1 fully saturated rings. The molecule has 0 radical (unpaired) electrons. The van der Waals surface area contributed by atoms with Crippen LogP contribution in [0.1, 0.15) is 27.8 Å². The van der Waals surface area contributed by atoms with Crippen LogP contribution in [0.3, 0.4) is 0 Å². The molecule has 162 valence electrons.